The van der Waals surface area contributed by atoms with Crippen molar-refractivity contribution in [1.29, 1.82) is 0 Å². The summed E-state index contributed by atoms with van der Waals surface area (Å²) in [4.78, 5) is 0. The average molecular weight is 289 g/mol. The summed E-state index contributed by atoms with van der Waals surface area (Å²) in [6.45, 7) is 8.81. The summed E-state index contributed by atoms with van der Waals surface area (Å²) in [7, 11) is 0. The molecule has 0 aliphatic carbocycles. The zero-order valence-electron chi connectivity index (χ0n) is 12.9. The second-order valence-electron chi connectivity index (χ2n) is 5.06. The van der Waals surface area contributed by atoms with E-state index in [1.165, 1.54) is 19.3 Å². The van der Waals surface area contributed by atoms with Gasteiger partial charge in [0.05, 0.1) is 46.2 Å². The molecule has 1 aliphatic heterocycles. The predicted octanol–water partition coefficient (Wildman–Crippen LogP) is 1.60. The Morgan fingerprint density at radius 2 is 1.45 bits per heavy atom. The topological polar surface area (TPSA) is 49.0 Å². The van der Waals surface area contributed by atoms with Gasteiger partial charge in [-0.15, -0.1) is 0 Å². The normalized spacial score (nSPS) is 18.8. The first-order chi connectivity index (χ1) is 9.93. The van der Waals surface area contributed by atoms with Crippen LogP contribution in [-0.4, -0.2) is 65.4 Å². The van der Waals surface area contributed by atoms with E-state index in [0.717, 1.165) is 26.2 Å². The van der Waals surface area contributed by atoms with Crippen molar-refractivity contribution in [3.63, 3.8) is 0 Å². The van der Waals surface area contributed by atoms with Gasteiger partial charge in [0.1, 0.15) is 0 Å². The van der Waals surface area contributed by atoms with Gasteiger partial charge in [-0.1, -0.05) is 13.3 Å². The third-order valence-corrected chi connectivity index (χ3v) is 3.24. The van der Waals surface area contributed by atoms with Crippen LogP contribution in [0.3, 0.4) is 0 Å². The lowest BCUT2D eigenvalue weighted by Crippen LogP contribution is -2.27. The van der Waals surface area contributed by atoms with Gasteiger partial charge in [0.15, 0.2) is 0 Å². The van der Waals surface area contributed by atoms with E-state index in [2.05, 4.69) is 12.2 Å². The van der Waals surface area contributed by atoms with Crippen molar-refractivity contribution in [3.05, 3.63) is 0 Å². The third-order valence-electron chi connectivity index (χ3n) is 3.24. The van der Waals surface area contributed by atoms with Crippen LogP contribution in [0.1, 0.15) is 32.6 Å². The quantitative estimate of drug-likeness (QED) is 0.492. The zero-order valence-corrected chi connectivity index (χ0v) is 12.9. The Morgan fingerprint density at radius 1 is 0.850 bits per heavy atom. The summed E-state index contributed by atoms with van der Waals surface area (Å²) in [6.07, 6.45) is 4.80. The SMILES string of the molecule is CCCCOCCOCCOCCOC[C@H]1CCCN1. The number of nitrogens with one attached hydrogen (secondary N) is 1. The van der Waals surface area contributed by atoms with Crippen LogP contribution in [0.4, 0.5) is 0 Å². The molecule has 1 fully saturated rings. The number of hydrogen-bond acceptors (Lipinski definition) is 5. The van der Waals surface area contributed by atoms with E-state index in [1.54, 1.807) is 0 Å². The van der Waals surface area contributed by atoms with E-state index < -0.39 is 0 Å². The second kappa shape index (κ2) is 13.8. The van der Waals surface area contributed by atoms with Gasteiger partial charge in [0.25, 0.3) is 0 Å². The number of hydrogen-bond donors (Lipinski definition) is 1. The molecule has 5 heteroatoms. The van der Waals surface area contributed by atoms with E-state index in [1.807, 2.05) is 0 Å². The fraction of sp³-hybridized carbons (Fsp3) is 1.00. The van der Waals surface area contributed by atoms with Gasteiger partial charge in [-0.3, -0.25) is 0 Å². The molecule has 1 heterocycles. The monoisotopic (exact) mass is 289 g/mol. The molecule has 1 saturated heterocycles. The van der Waals surface area contributed by atoms with E-state index in [0.29, 0.717) is 45.7 Å². The molecule has 1 aliphatic rings. The van der Waals surface area contributed by atoms with Gasteiger partial charge in [0, 0.05) is 12.6 Å². The van der Waals surface area contributed by atoms with Crippen LogP contribution >= 0.6 is 0 Å². The lowest BCUT2D eigenvalue weighted by molar-refractivity contribution is -0.00380. The van der Waals surface area contributed by atoms with Crippen molar-refractivity contribution in [2.24, 2.45) is 0 Å². The summed E-state index contributed by atoms with van der Waals surface area (Å²) in [6, 6.07) is 0.547. The molecule has 0 bridgehead atoms. The van der Waals surface area contributed by atoms with Crippen LogP contribution in [0.2, 0.25) is 0 Å². The minimum atomic E-state index is 0.547. The Bertz CT molecular complexity index is 198. The van der Waals surface area contributed by atoms with Crippen LogP contribution in [0.15, 0.2) is 0 Å². The Hall–Kier alpha value is -0.200. The summed E-state index contributed by atoms with van der Waals surface area (Å²) < 4.78 is 21.8. The van der Waals surface area contributed by atoms with E-state index >= 15 is 0 Å². The first-order valence-electron chi connectivity index (χ1n) is 7.98. The Balaban J connectivity index is 1.66. The van der Waals surface area contributed by atoms with Crippen molar-refractivity contribution in [2.45, 2.75) is 38.6 Å². The summed E-state index contributed by atoms with van der Waals surface area (Å²) in [5.74, 6) is 0. The highest BCUT2D eigenvalue weighted by Crippen LogP contribution is 2.04. The van der Waals surface area contributed by atoms with Gasteiger partial charge in [-0.2, -0.15) is 0 Å². The highest BCUT2D eigenvalue weighted by Gasteiger charge is 2.13. The molecule has 1 rings (SSSR count). The van der Waals surface area contributed by atoms with E-state index in [4.69, 9.17) is 18.9 Å². The van der Waals surface area contributed by atoms with E-state index in [9.17, 15) is 0 Å². The summed E-state index contributed by atoms with van der Waals surface area (Å²) >= 11 is 0. The third kappa shape index (κ3) is 10.6. The van der Waals surface area contributed by atoms with Crippen molar-refractivity contribution >= 4 is 0 Å². The molecular weight excluding hydrogens is 258 g/mol. The number of rotatable bonds is 14. The van der Waals surface area contributed by atoms with Crippen molar-refractivity contribution < 1.29 is 18.9 Å². The molecule has 0 aromatic heterocycles. The predicted molar refractivity (Wildman–Crippen MR) is 79.2 cm³/mol. The average Bonchev–Trinajstić information content (AvgIpc) is 2.97. The molecule has 0 spiro atoms. The molecule has 1 atom stereocenters. The molecule has 0 radical (unpaired) electrons. The second-order valence-corrected chi connectivity index (χ2v) is 5.06. The molecule has 0 saturated carbocycles. The lowest BCUT2D eigenvalue weighted by Gasteiger charge is -2.11. The van der Waals surface area contributed by atoms with E-state index in [-0.39, 0.29) is 0 Å². The molecule has 120 valence electrons. The van der Waals surface area contributed by atoms with Crippen LogP contribution in [-0.2, 0) is 18.9 Å². The van der Waals surface area contributed by atoms with Gasteiger partial charge in [-0.25, -0.2) is 0 Å². The maximum Gasteiger partial charge on any atom is 0.0701 e. The van der Waals surface area contributed by atoms with Gasteiger partial charge in [-0.05, 0) is 25.8 Å². The van der Waals surface area contributed by atoms with Crippen LogP contribution in [0.25, 0.3) is 0 Å². The smallest absolute Gasteiger partial charge is 0.0701 e. The maximum absolute atomic E-state index is 5.55. The largest absolute Gasteiger partial charge is 0.379 e. The molecule has 0 aromatic carbocycles. The fourth-order valence-electron chi connectivity index (χ4n) is 2.03. The summed E-state index contributed by atoms with van der Waals surface area (Å²) in [5, 5.41) is 3.40. The van der Waals surface area contributed by atoms with Crippen LogP contribution in [0.5, 0.6) is 0 Å². The van der Waals surface area contributed by atoms with Crippen molar-refractivity contribution in [3.8, 4) is 0 Å². The maximum atomic E-state index is 5.55. The Labute approximate surface area is 123 Å². The van der Waals surface area contributed by atoms with Crippen molar-refractivity contribution in [1.82, 2.24) is 5.32 Å². The Kier molecular flexibility index (Phi) is 12.3. The van der Waals surface area contributed by atoms with Crippen molar-refractivity contribution in [2.75, 3.05) is 59.4 Å². The standard InChI is InChI=1S/C15H31NO4/c1-2-3-7-17-8-9-18-10-11-19-12-13-20-14-15-5-4-6-16-15/h15-16H,2-14H2,1H3/t15-/m1/s1. The summed E-state index contributed by atoms with van der Waals surface area (Å²) in [5.41, 5.74) is 0. The highest BCUT2D eigenvalue weighted by molar-refractivity contribution is 4.73. The first-order valence-corrected chi connectivity index (χ1v) is 7.98. The minimum absolute atomic E-state index is 0.547. The molecule has 1 N–H and O–H groups in total. The molecule has 0 amide bonds. The van der Waals surface area contributed by atoms with Gasteiger partial charge in [0.2, 0.25) is 0 Å². The first kappa shape index (κ1) is 17.9. The van der Waals surface area contributed by atoms with Gasteiger partial charge < -0.3 is 24.3 Å². The van der Waals surface area contributed by atoms with Crippen LogP contribution < -0.4 is 5.32 Å². The molecular formula is C15H31NO4. The number of ether oxygens (including phenoxy) is 4. The molecule has 5 nitrogen and oxygen atoms in total. The molecule has 0 unspecified atom stereocenters. The zero-order chi connectivity index (χ0) is 14.3. The fourth-order valence-corrected chi connectivity index (χ4v) is 2.03. The highest BCUT2D eigenvalue weighted by atomic mass is 16.6. The number of unbranched alkanes of at least 4 members (excludes halogenated alkanes) is 1. The molecule has 0 aromatic rings. The molecule has 20 heavy (non-hydrogen) atoms. The van der Waals surface area contributed by atoms with Gasteiger partial charge >= 0.3 is 0 Å². The van der Waals surface area contributed by atoms with Crippen LogP contribution in [0, 0.1) is 0 Å². The lowest BCUT2D eigenvalue weighted by atomic mass is 10.2. The minimum Gasteiger partial charge on any atom is -0.379 e. The Morgan fingerprint density at radius 3 is 2.00 bits per heavy atom.